The van der Waals surface area contributed by atoms with Crippen molar-refractivity contribution < 1.29 is 24.0 Å². The first-order valence-electron chi connectivity index (χ1n) is 8.40. The molecule has 2 atom stereocenters. The highest BCUT2D eigenvalue weighted by Gasteiger charge is 2.35. The quantitative estimate of drug-likeness (QED) is 0.563. The molecule has 6 nitrogen and oxygen atoms in total. The van der Waals surface area contributed by atoms with Crippen LogP contribution in [-0.2, 0) is 19.2 Å². The summed E-state index contributed by atoms with van der Waals surface area (Å²) in [5.74, 6) is 0.543. The number of carbonyl (C=O) groups excluding carboxylic acids is 3. The molecule has 1 fully saturated rings. The number of carbonyl (C=O) groups is 3. The largest absolute Gasteiger partial charge is 0.457 e. The highest BCUT2D eigenvalue weighted by atomic mass is 16.7. The van der Waals surface area contributed by atoms with Crippen molar-refractivity contribution in [2.45, 2.75) is 25.0 Å². The van der Waals surface area contributed by atoms with Crippen LogP contribution in [0.4, 0.5) is 5.69 Å². The van der Waals surface area contributed by atoms with E-state index in [9.17, 15) is 14.4 Å². The van der Waals surface area contributed by atoms with E-state index in [-0.39, 0.29) is 0 Å². The van der Waals surface area contributed by atoms with E-state index >= 15 is 0 Å². The summed E-state index contributed by atoms with van der Waals surface area (Å²) in [6.07, 6.45) is 2.34. The molecule has 0 amide bonds. The van der Waals surface area contributed by atoms with Crippen molar-refractivity contribution in [1.82, 2.24) is 0 Å². The predicted molar refractivity (Wildman–Crippen MR) is 95.0 cm³/mol. The lowest BCUT2D eigenvalue weighted by molar-refractivity contribution is -0.128. The van der Waals surface area contributed by atoms with E-state index in [2.05, 4.69) is 0 Å². The van der Waals surface area contributed by atoms with Gasteiger partial charge in [0.2, 0.25) is 0 Å². The third kappa shape index (κ3) is 3.97. The van der Waals surface area contributed by atoms with Gasteiger partial charge in [-0.25, -0.2) is 5.06 Å². The van der Waals surface area contributed by atoms with Gasteiger partial charge in [0, 0.05) is 0 Å². The maximum atomic E-state index is 11.2. The van der Waals surface area contributed by atoms with Gasteiger partial charge in [0.15, 0.2) is 6.29 Å². The monoisotopic (exact) mass is 353 g/mol. The molecule has 0 saturated carbocycles. The van der Waals surface area contributed by atoms with Crippen LogP contribution in [0.25, 0.3) is 0 Å². The summed E-state index contributed by atoms with van der Waals surface area (Å²) in [6, 6.07) is 16.0. The number of ether oxygens (including phenoxy) is 1. The van der Waals surface area contributed by atoms with Crippen LogP contribution in [0.3, 0.4) is 0 Å². The fraction of sp³-hybridized carbons (Fsp3) is 0.250. The predicted octanol–water partition coefficient (Wildman–Crippen LogP) is 2.96. The third-order valence-electron chi connectivity index (χ3n) is 4.28. The Bertz CT molecular complexity index is 739. The van der Waals surface area contributed by atoms with Crippen molar-refractivity contribution in [2.24, 2.45) is 5.92 Å². The van der Waals surface area contributed by atoms with Gasteiger partial charge in [-0.2, -0.15) is 0 Å². The number of rotatable bonds is 7. The Morgan fingerprint density at radius 1 is 0.923 bits per heavy atom. The van der Waals surface area contributed by atoms with Gasteiger partial charge >= 0.3 is 0 Å². The second-order valence-electron chi connectivity index (χ2n) is 6.01. The van der Waals surface area contributed by atoms with Gasteiger partial charge in [0.25, 0.3) is 0 Å². The van der Waals surface area contributed by atoms with Gasteiger partial charge in [-0.3, -0.25) is 4.84 Å². The Kier molecular flexibility index (Phi) is 5.76. The Balaban J connectivity index is 1.80. The van der Waals surface area contributed by atoms with Crippen LogP contribution >= 0.6 is 0 Å². The minimum Gasteiger partial charge on any atom is -0.457 e. The third-order valence-corrected chi connectivity index (χ3v) is 4.28. The maximum Gasteiger partial charge on any atom is 0.151 e. The highest BCUT2D eigenvalue weighted by molar-refractivity contribution is 5.79. The van der Waals surface area contributed by atoms with Gasteiger partial charge in [-0.15, -0.1) is 0 Å². The van der Waals surface area contributed by atoms with Crippen molar-refractivity contribution in [3.63, 3.8) is 0 Å². The summed E-state index contributed by atoms with van der Waals surface area (Å²) in [6.45, 7) is 0. The molecule has 0 N–H and O–H groups in total. The zero-order valence-electron chi connectivity index (χ0n) is 14.1. The van der Waals surface area contributed by atoms with Gasteiger partial charge in [-0.05, 0) is 49.2 Å². The molecule has 0 radical (unpaired) electrons. The molecule has 26 heavy (non-hydrogen) atoms. The molecule has 0 unspecified atom stereocenters. The Morgan fingerprint density at radius 3 is 2.19 bits per heavy atom. The van der Waals surface area contributed by atoms with Crippen LogP contribution in [0.15, 0.2) is 54.6 Å². The van der Waals surface area contributed by atoms with E-state index in [0.717, 1.165) is 12.0 Å². The van der Waals surface area contributed by atoms with Crippen molar-refractivity contribution in [2.75, 3.05) is 5.06 Å². The lowest BCUT2D eigenvalue weighted by atomic mass is 9.94. The van der Waals surface area contributed by atoms with Gasteiger partial charge in [0.1, 0.15) is 30.2 Å². The number of hydrogen-bond acceptors (Lipinski definition) is 6. The normalized spacial score (nSPS) is 19.8. The van der Waals surface area contributed by atoms with Crippen molar-refractivity contribution in [3.8, 4) is 11.5 Å². The van der Waals surface area contributed by atoms with Crippen molar-refractivity contribution in [1.29, 1.82) is 0 Å². The molecular weight excluding hydrogens is 334 g/mol. The molecule has 2 aromatic rings. The average molecular weight is 353 g/mol. The molecule has 0 aliphatic carbocycles. The zero-order valence-corrected chi connectivity index (χ0v) is 14.1. The summed E-state index contributed by atoms with van der Waals surface area (Å²) >= 11 is 0. The molecular formula is C20H19NO5. The number of nitrogens with zero attached hydrogens (tertiary/aromatic N) is 1. The average Bonchev–Trinajstić information content (AvgIpc) is 2.70. The SMILES string of the molecule is O=CC(C=O)[C@H]1CC[C@H](C=O)ON1c1ccc(Oc2ccccc2)cc1. The Hall–Kier alpha value is -2.99. The van der Waals surface area contributed by atoms with Gasteiger partial charge in [0.05, 0.1) is 17.6 Å². The molecule has 1 saturated heterocycles. The number of anilines is 1. The molecule has 2 aromatic carbocycles. The Morgan fingerprint density at radius 2 is 1.58 bits per heavy atom. The van der Waals surface area contributed by atoms with E-state index in [1.54, 1.807) is 24.3 Å². The standard InChI is InChI=1S/C20H19NO5/c22-12-15(13-23)20-11-10-19(14-24)26-21(20)16-6-8-18(9-7-16)25-17-4-2-1-3-5-17/h1-9,12-15,19-20H,10-11H2/t19-,20-/m1/s1. The number of aldehydes is 3. The van der Waals surface area contributed by atoms with Crippen LogP contribution in [-0.4, -0.2) is 31.0 Å². The Labute approximate surface area is 151 Å². The number of para-hydroxylation sites is 1. The molecule has 1 heterocycles. The zero-order chi connectivity index (χ0) is 18.4. The summed E-state index contributed by atoms with van der Waals surface area (Å²) in [5.41, 5.74) is 0.649. The van der Waals surface area contributed by atoms with Crippen LogP contribution < -0.4 is 9.80 Å². The first kappa shape index (κ1) is 17.8. The number of benzene rings is 2. The smallest absolute Gasteiger partial charge is 0.151 e. The lowest BCUT2D eigenvalue weighted by Gasteiger charge is -2.39. The van der Waals surface area contributed by atoms with E-state index < -0.39 is 18.1 Å². The first-order valence-corrected chi connectivity index (χ1v) is 8.40. The summed E-state index contributed by atoms with van der Waals surface area (Å²) < 4.78 is 5.75. The lowest BCUT2D eigenvalue weighted by Crippen LogP contribution is -2.49. The molecule has 1 aliphatic heterocycles. The van der Waals surface area contributed by atoms with E-state index in [4.69, 9.17) is 9.57 Å². The van der Waals surface area contributed by atoms with Crippen molar-refractivity contribution >= 4 is 24.5 Å². The van der Waals surface area contributed by atoms with Crippen LogP contribution in [0.1, 0.15) is 12.8 Å². The second kappa shape index (κ2) is 8.40. The summed E-state index contributed by atoms with van der Waals surface area (Å²) in [7, 11) is 0. The fourth-order valence-electron chi connectivity index (χ4n) is 2.92. The van der Waals surface area contributed by atoms with Gasteiger partial charge in [-0.1, -0.05) is 18.2 Å². The molecule has 0 spiro atoms. The van der Waals surface area contributed by atoms with E-state index in [0.29, 0.717) is 36.9 Å². The first-order chi connectivity index (χ1) is 12.7. The van der Waals surface area contributed by atoms with Crippen LogP contribution in [0.5, 0.6) is 11.5 Å². The molecule has 6 heteroatoms. The van der Waals surface area contributed by atoms with Crippen molar-refractivity contribution in [3.05, 3.63) is 54.6 Å². The topological polar surface area (TPSA) is 72.9 Å². The van der Waals surface area contributed by atoms with Gasteiger partial charge < -0.3 is 19.1 Å². The van der Waals surface area contributed by atoms with Crippen LogP contribution in [0, 0.1) is 5.92 Å². The molecule has 0 aromatic heterocycles. The fourth-order valence-corrected chi connectivity index (χ4v) is 2.92. The number of hydrogen-bond donors (Lipinski definition) is 0. The number of hydroxylamine groups is 1. The minimum absolute atomic E-state index is 0.443. The second-order valence-corrected chi connectivity index (χ2v) is 6.01. The highest BCUT2D eigenvalue weighted by Crippen LogP contribution is 2.31. The molecule has 1 aliphatic rings. The maximum absolute atomic E-state index is 11.2. The molecule has 134 valence electrons. The molecule has 3 rings (SSSR count). The summed E-state index contributed by atoms with van der Waals surface area (Å²) in [4.78, 5) is 39.2. The van der Waals surface area contributed by atoms with E-state index in [1.807, 2.05) is 30.3 Å². The summed E-state index contributed by atoms with van der Waals surface area (Å²) in [5, 5.41) is 1.49. The minimum atomic E-state index is -0.817. The molecule has 0 bridgehead atoms. The van der Waals surface area contributed by atoms with E-state index in [1.165, 1.54) is 5.06 Å². The van der Waals surface area contributed by atoms with Crippen LogP contribution in [0.2, 0.25) is 0 Å².